The molecule has 1 aliphatic rings. The fourth-order valence-electron chi connectivity index (χ4n) is 2.73. The summed E-state index contributed by atoms with van der Waals surface area (Å²) < 4.78 is 141. The largest absolute Gasteiger partial charge is 0.512 e. The molecule has 0 fully saturated rings. The van der Waals surface area contributed by atoms with E-state index in [2.05, 4.69) is 0 Å². The average Bonchev–Trinajstić information content (AvgIpc) is 2.74. The van der Waals surface area contributed by atoms with Gasteiger partial charge in [0.25, 0.3) is 10.0 Å². The predicted octanol–water partition coefficient (Wildman–Crippen LogP) is 3.31. The van der Waals surface area contributed by atoms with E-state index in [4.69, 9.17) is 0 Å². The van der Waals surface area contributed by atoms with Crippen molar-refractivity contribution in [1.82, 2.24) is 4.13 Å². The number of alkyl halides is 3. The van der Waals surface area contributed by atoms with Crippen molar-refractivity contribution in [3.63, 3.8) is 0 Å². The van der Waals surface area contributed by atoms with Crippen LogP contribution < -0.4 is 9.03 Å². The molecule has 0 bridgehead atoms. The van der Waals surface area contributed by atoms with E-state index in [1.54, 1.807) is 12.2 Å². The van der Waals surface area contributed by atoms with Crippen LogP contribution in [-0.2, 0) is 20.0 Å². The van der Waals surface area contributed by atoms with Crippen LogP contribution >= 0.6 is 0 Å². The third-order valence-corrected chi connectivity index (χ3v) is 7.35. The molecule has 15 heteroatoms. The van der Waals surface area contributed by atoms with Crippen molar-refractivity contribution in [3.05, 3.63) is 35.4 Å². The maximum Gasteiger partial charge on any atom is 0.512 e. The molecule has 1 aliphatic heterocycles. The smallest absolute Gasteiger partial charge is 0.368 e. The van der Waals surface area contributed by atoms with Gasteiger partial charge in [0, 0.05) is 13.1 Å². The lowest BCUT2D eigenvalue weighted by Gasteiger charge is -2.27. The van der Waals surface area contributed by atoms with Gasteiger partial charge in [-0.2, -0.15) is 13.2 Å². The van der Waals surface area contributed by atoms with E-state index in [9.17, 15) is 47.6 Å². The number of halogens is 7. The molecule has 6 nitrogen and oxygen atoms in total. The second-order valence-electron chi connectivity index (χ2n) is 6.21. The van der Waals surface area contributed by atoms with Gasteiger partial charge in [-0.3, -0.25) is 0 Å². The van der Waals surface area contributed by atoms with Gasteiger partial charge in [0.05, 0.1) is 5.69 Å². The molecule has 1 aromatic carbocycles. The van der Waals surface area contributed by atoms with Crippen LogP contribution in [0.3, 0.4) is 0 Å². The zero-order valence-corrected chi connectivity index (χ0v) is 16.6. The summed E-state index contributed by atoms with van der Waals surface area (Å²) in [6.07, 6.45) is 4.77. The van der Waals surface area contributed by atoms with Gasteiger partial charge in [0.1, 0.15) is 4.90 Å². The molecule has 1 aromatic rings. The van der Waals surface area contributed by atoms with Crippen LogP contribution in [-0.4, -0.2) is 35.4 Å². The lowest BCUT2D eigenvalue weighted by Crippen LogP contribution is -2.41. The van der Waals surface area contributed by atoms with E-state index in [0.717, 1.165) is 4.90 Å². The van der Waals surface area contributed by atoms with Gasteiger partial charge in [-0.05, 0) is 25.7 Å². The number of nitrogens with zero attached hydrogens (tertiary/aromatic N) is 1. The Balaban J connectivity index is 2.72. The molecule has 0 aromatic heterocycles. The van der Waals surface area contributed by atoms with Crippen molar-refractivity contribution in [1.29, 1.82) is 0 Å². The minimum atomic E-state index is -6.59. The maximum absolute atomic E-state index is 14.5. The minimum Gasteiger partial charge on any atom is -0.368 e. The Morgan fingerprint density at radius 2 is 1.27 bits per heavy atom. The van der Waals surface area contributed by atoms with Gasteiger partial charge in [-0.1, -0.05) is 16.3 Å². The van der Waals surface area contributed by atoms with Crippen LogP contribution in [0.4, 0.5) is 36.4 Å². The van der Waals surface area contributed by atoms with Crippen LogP contribution in [0.15, 0.2) is 17.0 Å². The number of sulfonamides is 2. The summed E-state index contributed by atoms with van der Waals surface area (Å²) in [5.41, 5.74) is -7.52. The number of hydrogen-bond donors (Lipinski definition) is 1. The zero-order chi connectivity index (χ0) is 22.9. The quantitative estimate of drug-likeness (QED) is 0.307. The highest BCUT2D eigenvalue weighted by atomic mass is 32.3. The van der Waals surface area contributed by atoms with Gasteiger partial charge in [-0.25, -0.2) is 34.4 Å². The van der Waals surface area contributed by atoms with Crippen LogP contribution in [0.2, 0.25) is 0 Å². The summed E-state index contributed by atoms with van der Waals surface area (Å²) in [6.45, 7) is -0.388. The summed E-state index contributed by atoms with van der Waals surface area (Å²) in [4.78, 5) is -1.25. The van der Waals surface area contributed by atoms with Gasteiger partial charge in [0.2, 0.25) is 0 Å². The molecule has 0 saturated heterocycles. The highest BCUT2D eigenvalue weighted by Crippen LogP contribution is 2.36. The highest BCUT2D eigenvalue weighted by Gasteiger charge is 2.50. The highest BCUT2D eigenvalue weighted by molar-refractivity contribution is 8.05. The predicted molar refractivity (Wildman–Crippen MR) is 91.4 cm³/mol. The number of nitrogens with one attached hydrogen (secondary N) is 1. The Labute approximate surface area is 167 Å². The zero-order valence-electron chi connectivity index (χ0n) is 14.9. The van der Waals surface area contributed by atoms with Crippen molar-refractivity contribution in [2.45, 2.75) is 36.1 Å². The molecule has 0 aliphatic carbocycles. The van der Waals surface area contributed by atoms with Crippen LogP contribution in [0.5, 0.6) is 0 Å². The fraction of sp³-hybridized carbons (Fsp3) is 0.467. The average molecular weight is 484 g/mol. The molecule has 1 heterocycles. The normalized spacial score (nSPS) is 17.9. The first kappa shape index (κ1) is 24.4. The standard InChI is InChI=1S/C15H15F7N2O4S2/c16-9-10(17)12(19)14(29(25,26)23-30(27,28)15(20,21)22)13(11(9)18)24-7-5-3-1-2-4-6-8-24/h1-2,23H,3-8H2/b2-1-. The third kappa shape index (κ3) is 4.88. The molecule has 1 N–H and O–H groups in total. The van der Waals surface area contributed by atoms with Crippen LogP contribution in [0.1, 0.15) is 25.7 Å². The van der Waals surface area contributed by atoms with E-state index >= 15 is 0 Å². The molecule has 0 amide bonds. The Hall–Kier alpha value is -1.87. The lowest BCUT2D eigenvalue weighted by molar-refractivity contribution is -0.0441. The van der Waals surface area contributed by atoms with Gasteiger partial charge in [-0.15, -0.1) is 0 Å². The van der Waals surface area contributed by atoms with E-state index < -0.39 is 59.4 Å². The molecule has 0 unspecified atom stereocenters. The van der Waals surface area contributed by atoms with Crippen molar-refractivity contribution in [2.75, 3.05) is 18.0 Å². The molecule has 2 rings (SSSR count). The van der Waals surface area contributed by atoms with Crippen LogP contribution in [0.25, 0.3) is 0 Å². The summed E-state index contributed by atoms with van der Waals surface area (Å²) in [5.74, 6) is -9.73. The van der Waals surface area contributed by atoms with E-state index in [0.29, 0.717) is 12.8 Å². The van der Waals surface area contributed by atoms with E-state index in [1.807, 2.05) is 0 Å². The van der Waals surface area contributed by atoms with E-state index in [-0.39, 0.29) is 30.1 Å². The van der Waals surface area contributed by atoms with Crippen molar-refractivity contribution < 1.29 is 47.6 Å². The summed E-state index contributed by atoms with van der Waals surface area (Å²) in [5, 5.41) is 0. The molecule has 0 spiro atoms. The van der Waals surface area contributed by atoms with Crippen molar-refractivity contribution >= 4 is 25.7 Å². The molecule has 0 atom stereocenters. The Bertz CT molecular complexity index is 1040. The number of rotatable bonds is 4. The van der Waals surface area contributed by atoms with Gasteiger partial charge >= 0.3 is 15.5 Å². The van der Waals surface area contributed by atoms with Gasteiger partial charge in [0.15, 0.2) is 23.3 Å². The van der Waals surface area contributed by atoms with Gasteiger partial charge < -0.3 is 4.90 Å². The SMILES string of the molecule is O=S(=O)(NS(=O)(=O)C(F)(F)F)c1c(F)c(F)c(F)c(F)c1N1CCC/C=C\CCC1. The first-order chi connectivity index (χ1) is 13.7. The molecule has 170 valence electrons. The Morgan fingerprint density at radius 1 is 0.800 bits per heavy atom. The summed E-state index contributed by atoms with van der Waals surface area (Å²) in [6, 6.07) is 0. The van der Waals surface area contributed by atoms with Crippen molar-refractivity contribution in [2.24, 2.45) is 0 Å². The molecule has 0 radical (unpaired) electrons. The molecule has 0 saturated carbocycles. The monoisotopic (exact) mass is 484 g/mol. The van der Waals surface area contributed by atoms with Crippen molar-refractivity contribution in [3.8, 4) is 0 Å². The van der Waals surface area contributed by atoms with E-state index in [1.165, 1.54) is 0 Å². The molecular weight excluding hydrogens is 469 g/mol. The minimum absolute atomic E-state index is 0.194. The third-order valence-electron chi connectivity index (χ3n) is 4.07. The molecular formula is C15H15F7N2O4S2. The maximum atomic E-state index is 14.5. The number of benzene rings is 1. The molecule has 30 heavy (non-hydrogen) atoms. The first-order valence-corrected chi connectivity index (χ1v) is 11.3. The summed E-state index contributed by atoms with van der Waals surface area (Å²) >= 11 is 0. The first-order valence-electron chi connectivity index (χ1n) is 8.31. The second-order valence-corrected chi connectivity index (χ2v) is 9.76. The Morgan fingerprint density at radius 3 is 1.73 bits per heavy atom. The lowest BCUT2D eigenvalue weighted by atomic mass is 10.2. The summed E-state index contributed by atoms with van der Waals surface area (Å²) in [7, 11) is -12.6. The Kier molecular flexibility index (Phi) is 7.08. The second kappa shape index (κ2) is 8.70. The number of hydrogen-bond acceptors (Lipinski definition) is 5. The fourth-order valence-corrected chi connectivity index (χ4v) is 5.40. The topological polar surface area (TPSA) is 83.5 Å². The van der Waals surface area contributed by atoms with Crippen LogP contribution in [0, 0.1) is 23.3 Å². The number of anilines is 1. The number of allylic oxidation sites excluding steroid dienone is 2.